The monoisotopic (exact) mass is 484 g/mol. The molecular weight excluding hydrogens is 468 g/mol. The highest BCUT2D eigenvalue weighted by Gasteiger charge is 2.34. The van der Waals surface area contributed by atoms with E-state index >= 15 is 0 Å². The Hall–Kier alpha value is -3.99. The van der Waals surface area contributed by atoms with Crippen LogP contribution < -0.4 is 10.1 Å². The summed E-state index contributed by atoms with van der Waals surface area (Å²) in [7, 11) is 0. The molecule has 1 atom stereocenters. The number of carbonyl (C=O) groups excluding carboxylic acids is 1. The van der Waals surface area contributed by atoms with Crippen LogP contribution in [0.5, 0.6) is 5.75 Å². The van der Waals surface area contributed by atoms with E-state index in [9.17, 15) is 10.1 Å². The number of nitrogens with one attached hydrogen (secondary N) is 1. The van der Waals surface area contributed by atoms with E-state index in [0.29, 0.717) is 22.0 Å². The molecule has 0 amide bonds. The average molecular weight is 485 g/mol. The number of rotatable bonds is 5. The average Bonchev–Trinajstić information content (AvgIpc) is 3.27. The van der Waals surface area contributed by atoms with Crippen molar-refractivity contribution < 1.29 is 9.53 Å². The quantitative estimate of drug-likeness (QED) is 0.283. The standard InChI is InChI=1S/C26H17ClN4O2S/c27-16-10-12-17(13-11-16)29-26(34)20(14-28)25(32)23-21-15-33-22-9-5-4-8-19(22)24(21)31(30-23)18-6-2-1-3-7-18/h1-13,20H,15H2,(H,29,34). The lowest BCUT2D eigenvalue weighted by Crippen LogP contribution is -2.28. The molecule has 0 saturated heterocycles. The van der Waals surface area contributed by atoms with Crippen molar-refractivity contribution in [3.8, 4) is 28.8 Å². The molecule has 4 aromatic rings. The maximum atomic E-state index is 13.6. The van der Waals surface area contributed by atoms with Gasteiger partial charge in [0.1, 0.15) is 23.0 Å². The molecular formula is C26H17ClN4O2S. The van der Waals surface area contributed by atoms with Crippen molar-refractivity contribution in [2.75, 3.05) is 5.32 Å². The summed E-state index contributed by atoms with van der Waals surface area (Å²) in [4.78, 5) is 13.7. The van der Waals surface area contributed by atoms with Gasteiger partial charge in [-0.15, -0.1) is 0 Å². The molecule has 5 rings (SSSR count). The third-order valence-electron chi connectivity index (χ3n) is 5.50. The van der Waals surface area contributed by atoms with Crippen molar-refractivity contribution in [1.82, 2.24) is 9.78 Å². The number of carbonyl (C=O) groups is 1. The first kappa shape index (κ1) is 21.8. The second-order valence-corrected chi connectivity index (χ2v) is 8.51. The van der Waals surface area contributed by atoms with Gasteiger partial charge < -0.3 is 10.1 Å². The largest absolute Gasteiger partial charge is 0.488 e. The Labute approximate surface area is 206 Å². The number of thiocarbonyl (C=S) groups is 1. The van der Waals surface area contributed by atoms with Crippen LogP contribution in [0.25, 0.3) is 16.9 Å². The van der Waals surface area contributed by atoms with Crippen molar-refractivity contribution in [2.45, 2.75) is 6.61 Å². The van der Waals surface area contributed by atoms with Crippen LogP contribution >= 0.6 is 23.8 Å². The normalized spacial score (nSPS) is 12.5. The summed E-state index contributed by atoms with van der Waals surface area (Å²) in [5.74, 6) is -0.989. The lowest BCUT2D eigenvalue weighted by molar-refractivity contribution is 0.0968. The van der Waals surface area contributed by atoms with E-state index in [0.717, 1.165) is 16.9 Å². The Bertz CT molecular complexity index is 1440. The molecule has 0 spiro atoms. The number of hydrogen-bond acceptors (Lipinski definition) is 5. The van der Waals surface area contributed by atoms with Crippen molar-refractivity contribution in [2.24, 2.45) is 5.92 Å². The Morgan fingerprint density at radius 2 is 1.79 bits per heavy atom. The number of fused-ring (bicyclic) bond motifs is 3. The fraction of sp³-hybridized carbons (Fsp3) is 0.0769. The second kappa shape index (κ2) is 9.10. The molecule has 1 aromatic heterocycles. The zero-order valence-electron chi connectivity index (χ0n) is 17.7. The molecule has 166 valence electrons. The summed E-state index contributed by atoms with van der Waals surface area (Å²) < 4.78 is 7.65. The Morgan fingerprint density at radius 1 is 1.09 bits per heavy atom. The molecule has 2 heterocycles. The van der Waals surface area contributed by atoms with Crippen LogP contribution in [0.4, 0.5) is 5.69 Å². The predicted octanol–water partition coefficient (Wildman–Crippen LogP) is 5.85. The maximum Gasteiger partial charge on any atom is 0.207 e. The summed E-state index contributed by atoms with van der Waals surface area (Å²) in [5, 5.41) is 18.1. The number of hydrogen-bond donors (Lipinski definition) is 1. The fourth-order valence-corrected chi connectivity index (χ4v) is 4.28. The summed E-state index contributed by atoms with van der Waals surface area (Å²) in [5.41, 5.74) is 3.82. The van der Waals surface area contributed by atoms with Gasteiger partial charge in [0.25, 0.3) is 0 Å². The number of para-hydroxylation sites is 2. The number of ether oxygens (including phenoxy) is 1. The van der Waals surface area contributed by atoms with Crippen LogP contribution in [0.15, 0.2) is 78.9 Å². The van der Waals surface area contributed by atoms with Crippen LogP contribution in [0.1, 0.15) is 16.1 Å². The van der Waals surface area contributed by atoms with Crippen LogP contribution in [0.2, 0.25) is 5.02 Å². The smallest absolute Gasteiger partial charge is 0.207 e. The van der Waals surface area contributed by atoms with Gasteiger partial charge in [0.2, 0.25) is 5.78 Å². The van der Waals surface area contributed by atoms with Crippen LogP contribution in [0, 0.1) is 17.2 Å². The zero-order chi connectivity index (χ0) is 23.7. The molecule has 0 saturated carbocycles. The number of anilines is 1. The van der Waals surface area contributed by atoms with Gasteiger partial charge in [-0.25, -0.2) is 4.68 Å². The van der Waals surface area contributed by atoms with Gasteiger partial charge in [0.05, 0.1) is 17.5 Å². The highest BCUT2D eigenvalue weighted by atomic mass is 35.5. The number of halogens is 1. The molecule has 34 heavy (non-hydrogen) atoms. The molecule has 0 fully saturated rings. The molecule has 1 aliphatic rings. The third kappa shape index (κ3) is 3.94. The third-order valence-corrected chi connectivity index (χ3v) is 6.09. The molecule has 0 aliphatic carbocycles. The summed E-state index contributed by atoms with van der Waals surface area (Å²) in [6, 6.07) is 26.0. The Kier molecular flexibility index (Phi) is 5.84. The number of Topliss-reactive ketones (excluding diaryl/α,β-unsaturated/α-hetero) is 1. The molecule has 1 unspecified atom stereocenters. The van der Waals surface area contributed by atoms with Gasteiger partial charge in [-0.2, -0.15) is 10.4 Å². The first-order valence-corrected chi connectivity index (χ1v) is 11.2. The predicted molar refractivity (Wildman–Crippen MR) is 134 cm³/mol. The Morgan fingerprint density at radius 3 is 2.53 bits per heavy atom. The minimum Gasteiger partial charge on any atom is -0.488 e. The van der Waals surface area contributed by atoms with Gasteiger partial charge >= 0.3 is 0 Å². The maximum absolute atomic E-state index is 13.6. The summed E-state index contributed by atoms with van der Waals surface area (Å²) >= 11 is 11.4. The zero-order valence-corrected chi connectivity index (χ0v) is 19.3. The molecule has 8 heteroatoms. The van der Waals surface area contributed by atoms with Gasteiger partial charge in [-0.3, -0.25) is 4.79 Å². The second-order valence-electron chi connectivity index (χ2n) is 7.63. The number of aromatic nitrogens is 2. The number of nitriles is 1. The highest BCUT2D eigenvalue weighted by Crippen LogP contribution is 2.40. The fourth-order valence-electron chi connectivity index (χ4n) is 3.88. The first-order valence-electron chi connectivity index (χ1n) is 10.5. The number of ketones is 1. The highest BCUT2D eigenvalue weighted by molar-refractivity contribution is 7.80. The topological polar surface area (TPSA) is 79.9 Å². The van der Waals surface area contributed by atoms with Gasteiger partial charge in [-0.1, -0.05) is 54.2 Å². The SMILES string of the molecule is N#CC(C(=O)c1nn(-c2ccccc2)c2c1COc1ccccc1-2)C(=S)Nc1ccc(Cl)cc1. The summed E-state index contributed by atoms with van der Waals surface area (Å²) in [6.07, 6.45) is 0. The molecule has 0 bridgehead atoms. The van der Waals surface area contributed by atoms with Crippen molar-refractivity contribution in [3.63, 3.8) is 0 Å². The molecule has 0 radical (unpaired) electrons. The first-order chi connectivity index (χ1) is 16.6. The van der Waals surface area contributed by atoms with Crippen LogP contribution in [-0.2, 0) is 6.61 Å². The lowest BCUT2D eigenvalue weighted by atomic mass is 9.96. The van der Waals surface area contributed by atoms with Crippen LogP contribution in [0.3, 0.4) is 0 Å². The summed E-state index contributed by atoms with van der Waals surface area (Å²) in [6.45, 7) is 0.162. The number of nitrogens with zero attached hydrogens (tertiary/aromatic N) is 3. The number of benzene rings is 3. The molecule has 1 N–H and O–H groups in total. The van der Waals surface area contributed by atoms with E-state index in [1.165, 1.54) is 0 Å². The van der Waals surface area contributed by atoms with Crippen LogP contribution in [-0.4, -0.2) is 20.6 Å². The van der Waals surface area contributed by atoms with E-state index in [2.05, 4.69) is 10.4 Å². The van der Waals surface area contributed by atoms with Gasteiger partial charge in [-0.05, 0) is 48.5 Å². The van der Waals surface area contributed by atoms with E-state index in [1.54, 1.807) is 28.9 Å². The van der Waals surface area contributed by atoms with Crippen molar-refractivity contribution in [1.29, 1.82) is 5.26 Å². The van der Waals surface area contributed by atoms with Gasteiger partial charge in [0, 0.05) is 21.8 Å². The Balaban J connectivity index is 1.57. The van der Waals surface area contributed by atoms with E-state index in [1.807, 2.05) is 60.7 Å². The molecule has 3 aromatic carbocycles. The lowest BCUT2D eigenvalue weighted by Gasteiger charge is -2.19. The van der Waals surface area contributed by atoms with E-state index in [-0.39, 0.29) is 17.3 Å². The van der Waals surface area contributed by atoms with Crippen molar-refractivity contribution in [3.05, 3.63) is 95.1 Å². The minimum atomic E-state index is -1.22. The minimum absolute atomic E-state index is 0.0926. The van der Waals surface area contributed by atoms with E-state index in [4.69, 9.17) is 28.6 Å². The molecule has 6 nitrogen and oxygen atoms in total. The van der Waals surface area contributed by atoms with Crippen molar-refractivity contribution >= 4 is 40.3 Å². The van der Waals surface area contributed by atoms with Gasteiger partial charge in [0.15, 0.2) is 5.92 Å². The molecule has 1 aliphatic heterocycles. The van der Waals surface area contributed by atoms with E-state index < -0.39 is 11.7 Å².